The molecule has 0 aliphatic rings. The first-order valence-electron chi connectivity index (χ1n) is 5.00. The van der Waals surface area contributed by atoms with Gasteiger partial charge in [0.15, 0.2) is 5.82 Å². The van der Waals surface area contributed by atoms with Gasteiger partial charge < -0.3 is 5.32 Å². The van der Waals surface area contributed by atoms with E-state index in [1.807, 2.05) is 0 Å². The number of hydrogen-bond acceptors (Lipinski definition) is 5. The Morgan fingerprint density at radius 2 is 2.16 bits per heavy atom. The number of pyridine rings is 1. The van der Waals surface area contributed by atoms with Crippen molar-refractivity contribution in [1.29, 1.82) is 0 Å². The molecule has 0 aliphatic carbocycles. The summed E-state index contributed by atoms with van der Waals surface area (Å²) in [6.45, 7) is -0.00195. The van der Waals surface area contributed by atoms with Crippen LogP contribution in [0.5, 0.6) is 0 Å². The molecule has 2 aromatic heterocycles. The van der Waals surface area contributed by atoms with Gasteiger partial charge in [-0.2, -0.15) is 18.4 Å². The lowest BCUT2D eigenvalue weighted by atomic mass is 10.2. The van der Waals surface area contributed by atoms with E-state index in [0.717, 1.165) is 12.1 Å². The third kappa shape index (κ3) is 3.24. The Hall–Kier alpha value is -2.52. The molecular weight excluding hydrogens is 265 g/mol. The van der Waals surface area contributed by atoms with Gasteiger partial charge in [0.2, 0.25) is 0 Å². The summed E-state index contributed by atoms with van der Waals surface area (Å²) in [5.74, 6) is -0.376. The van der Waals surface area contributed by atoms with E-state index < -0.39 is 17.6 Å². The summed E-state index contributed by atoms with van der Waals surface area (Å²) >= 11 is 0. The van der Waals surface area contributed by atoms with Crippen molar-refractivity contribution in [2.45, 2.75) is 12.7 Å². The average molecular weight is 272 g/mol. The molecule has 0 unspecified atom stereocenters. The summed E-state index contributed by atoms with van der Waals surface area (Å²) in [6.07, 6.45) is -3.88. The minimum absolute atomic E-state index is 0.00195. The second kappa shape index (κ2) is 5.00. The van der Waals surface area contributed by atoms with Crippen molar-refractivity contribution in [1.82, 2.24) is 30.9 Å². The standard InChI is InChI=1S/C9H7F3N6O/c10-9(11,12)5-1-2-6(13-3-5)8(19)14-4-7-15-17-18-16-7/h1-3H,4H2,(H,14,19)(H,15,16,17,18). The Kier molecular flexibility index (Phi) is 3.40. The lowest BCUT2D eigenvalue weighted by molar-refractivity contribution is -0.137. The minimum Gasteiger partial charge on any atom is -0.343 e. The third-order valence-corrected chi connectivity index (χ3v) is 2.12. The first-order chi connectivity index (χ1) is 8.97. The highest BCUT2D eigenvalue weighted by Gasteiger charge is 2.30. The van der Waals surface area contributed by atoms with Crippen LogP contribution in [0.2, 0.25) is 0 Å². The number of tetrazole rings is 1. The second-order valence-corrected chi connectivity index (χ2v) is 3.44. The van der Waals surface area contributed by atoms with Crippen LogP contribution in [0.3, 0.4) is 0 Å². The number of aromatic amines is 1. The largest absolute Gasteiger partial charge is 0.417 e. The maximum Gasteiger partial charge on any atom is 0.417 e. The lowest BCUT2D eigenvalue weighted by Crippen LogP contribution is -2.24. The first kappa shape index (κ1) is 12.9. The molecule has 2 N–H and O–H groups in total. The number of carbonyl (C=O) groups is 1. The summed E-state index contributed by atoms with van der Waals surface area (Å²) in [7, 11) is 0. The van der Waals surface area contributed by atoms with Crippen LogP contribution in [0.15, 0.2) is 18.3 Å². The van der Waals surface area contributed by atoms with E-state index in [1.165, 1.54) is 0 Å². The molecule has 19 heavy (non-hydrogen) atoms. The maximum absolute atomic E-state index is 12.3. The fourth-order valence-corrected chi connectivity index (χ4v) is 1.20. The van der Waals surface area contributed by atoms with E-state index >= 15 is 0 Å². The predicted molar refractivity (Wildman–Crippen MR) is 54.6 cm³/mol. The zero-order valence-corrected chi connectivity index (χ0v) is 9.27. The van der Waals surface area contributed by atoms with Crippen molar-refractivity contribution in [2.24, 2.45) is 0 Å². The summed E-state index contributed by atoms with van der Waals surface area (Å²) in [5, 5.41) is 15.1. The number of amides is 1. The summed E-state index contributed by atoms with van der Waals surface area (Å²) in [5.41, 5.74) is -1.04. The van der Waals surface area contributed by atoms with Crippen molar-refractivity contribution in [3.05, 3.63) is 35.4 Å². The first-order valence-corrected chi connectivity index (χ1v) is 5.00. The van der Waals surface area contributed by atoms with Gasteiger partial charge in [0.05, 0.1) is 12.1 Å². The molecule has 0 fully saturated rings. The Morgan fingerprint density at radius 1 is 1.37 bits per heavy atom. The number of nitrogens with zero attached hydrogens (tertiary/aromatic N) is 4. The van der Waals surface area contributed by atoms with Gasteiger partial charge in [-0.25, -0.2) is 0 Å². The molecule has 0 bridgehead atoms. The zero-order chi connectivity index (χ0) is 13.9. The van der Waals surface area contributed by atoms with Gasteiger partial charge in [-0.05, 0) is 12.1 Å². The molecule has 0 spiro atoms. The molecular formula is C9H7F3N6O. The lowest BCUT2D eigenvalue weighted by Gasteiger charge is -2.06. The summed E-state index contributed by atoms with van der Waals surface area (Å²) < 4.78 is 36.9. The van der Waals surface area contributed by atoms with E-state index in [2.05, 4.69) is 30.9 Å². The van der Waals surface area contributed by atoms with Crippen molar-refractivity contribution < 1.29 is 18.0 Å². The Morgan fingerprint density at radius 3 is 2.68 bits per heavy atom. The van der Waals surface area contributed by atoms with Crippen molar-refractivity contribution in [2.75, 3.05) is 0 Å². The van der Waals surface area contributed by atoms with Gasteiger partial charge in [0, 0.05) is 6.20 Å². The molecule has 0 saturated carbocycles. The van der Waals surface area contributed by atoms with E-state index in [4.69, 9.17) is 0 Å². The molecule has 0 aliphatic heterocycles. The number of rotatable bonds is 3. The summed E-state index contributed by atoms with van der Waals surface area (Å²) in [6, 6.07) is 1.78. The quantitative estimate of drug-likeness (QED) is 0.850. The summed E-state index contributed by atoms with van der Waals surface area (Å²) in [4.78, 5) is 15.0. The molecule has 0 saturated heterocycles. The molecule has 100 valence electrons. The molecule has 2 rings (SSSR count). The number of carbonyl (C=O) groups excluding carboxylic acids is 1. The normalized spacial score (nSPS) is 11.3. The predicted octanol–water partition coefficient (Wildman–Crippen LogP) is 0.543. The van der Waals surface area contributed by atoms with E-state index in [-0.39, 0.29) is 18.1 Å². The third-order valence-electron chi connectivity index (χ3n) is 2.12. The van der Waals surface area contributed by atoms with E-state index in [1.54, 1.807) is 0 Å². The van der Waals surface area contributed by atoms with Crippen molar-refractivity contribution in [3.8, 4) is 0 Å². The number of H-pyrrole nitrogens is 1. The second-order valence-electron chi connectivity index (χ2n) is 3.44. The number of nitrogens with one attached hydrogen (secondary N) is 2. The van der Waals surface area contributed by atoms with E-state index in [9.17, 15) is 18.0 Å². The van der Waals surface area contributed by atoms with Gasteiger partial charge in [0.1, 0.15) is 5.69 Å². The van der Waals surface area contributed by atoms with Crippen molar-refractivity contribution in [3.63, 3.8) is 0 Å². The van der Waals surface area contributed by atoms with Crippen LogP contribution in [0.4, 0.5) is 13.2 Å². The fourth-order valence-electron chi connectivity index (χ4n) is 1.20. The smallest absolute Gasteiger partial charge is 0.343 e. The zero-order valence-electron chi connectivity index (χ0n) is 9.27. The molecule has 0 aromatic carbocycles. The van der Waals surface area contributed by atoms with Gasteiger partial charge in [-0.1, -0.05) is 5.21 Å². The molecule has 2 heterocycles. The number of aromatic nitrogens is 5. The highest BCUT2D eigenvalue weighted by atomic mass is 19.4. The van der Waals surface area contributed by atoms with Gasteiger partial charge in [0.25, 0.3) is 5.91 Å². The SMILES string of the molecule is O=C(NCc1nn[nH]n1)c1ccc(C(F)(F)F)cn1. The average Bonchev–Trinajstić information content (AvgIpc) is 2.88. The number of halogens is 3. The van der Waals surface area contributed by atoms with Crippen LogP contribution >= 0.6 is 0 Å². The topological polar surface area (TPSA) is 96.5 Å². The monoisotopic (exact) mass is 272 g/mol. The van der Waals surface area contributed by atoms with Gasteiger partial charge >= 0.3 is 6.18 Å². The molecule has 0 radical (unpaired) electrons. The van der Waals surface area contributed by atoms with Crippen LogP contribution in [-0.2, 0) is 12.7 Å². The number of alkyl halides is 3. The molecule has 1 amide bonds. The Balaban J connectivity index is 2.00. The molecule has 10 heteroatoms. The minimum atomic E-state index is -4.48. The van der Waals surface area contributed by atoms with E-state index in [0.29, 0.717) is 6.20 Å². The molecule has 2 aromatic rings. The highest BCUT2D eigenvalue weighted by molar-refractivity contribution is 5.92. The van der Waals surface area contributed by atoms with Crippen molar-refractivity contribution >= 4 is 5.91 Å². The maximum atomic E-state index is 12.3. The highest BCUT2D eigenvalue weighted by Crippen LogP contribution is 2.28. The van der Waals surface area contributed by atoms with Crippen LogP contribution in [-0.4, -0.2) is 31.5 Å². The van der Waals surface area contributed by atoms with Gasteiger partial charge in [-0.15, -0.1) is 10.2 Å². The van der Waals surface area contributed by atoms with Gasteiger partial charge in [-0.3, -0.25) is 9.78 Å². The van der Waals surface area contributed by atoms with Crippen LogP contribution < -0.4 is 5.32 Å². The molecule has 0 atom stereocenters. The van der Waals surface area contributed by atoms with Crippen LogP contribution in [0.1, 0.15) is 21.9 Å². The number of hydrogen-bond donors (Lipinski definition) is 2. The Bertz CT molecular complexity index is 550. The van der Waals surface area contributed by atoms with Crippen LogP contribution in [0, 0.1) is 0 Å². The molecule has 7 nitrogen and oxygen atoms in total. The van der Waals surface area contributed by atoms with Crippen LogP contribution in [0.25, 0.3) is 0 Å². The fraction of sp³-hybridized carbons (Fsp3) is 0.222. The Labute approximate surface area is 104 Å².